The van der Waals surface area contributed by atoms with Crippen LogP contribution in [-0.4, -0.2) is 17.7 Å². The predicted molar refractivity (Wildman–Crippen MR) is 77.0 cm³/mol. The summed E-state index contributed by atoms with van der Waals surface area (Å²) in [5.74, 6) is 4.50. The third-order valence-corrected chi connectivity index (χ3v) is 4.32. The van der Waals surface area contributed by atoms with Gasteiger partial charge in [0.2, 0.25) is 0 Å². The van der Waals surface area contributed by atoms with Gasteiger partial charge in [-0.05, 0) is 42.2 Å². The number of aromatic carboxylic acids is 1. The highest BCUT2D eigenvalue weighted by Crippen LogP contribution is 2.32. The fourth-order valence-corrected chi connectivity index (χ4v) is 3.34. The van der Waals surface area contributed by atoms with Crippen LogP contribution in [0.2, 0.25) is 0 Å². The van der Waals surface area contributed by atoms with Gasteiger partial charge in [-0.1, -0.05) is 5.92 Å². The Balaban J connectivity index is 2.01. The van der Waals surface area contributed by atoms with E-state index in [2.05, 4.69) is 11.8 Å². The lowest BCUT2D eigenvalue weighted by molar-refractivity contribution is 0.0692. The molecule has 0 spiro atoms. The standard InChI is InChI=1S/C16H11FO3S/c17-11-4-1-10(2-5-11)3-6-13-15(16(18)19)12-7-8-20-9-14(12)21-13/h1-2,4-5H,7-9H2,(H,18,19). The number of thiophene rings is 1. The van der Waals surface area contributed by atoms with Gasteiger partial charge in [0.1, 0.15) is 5.82 Å². The van der Waals surface area contributed by atoms with Gasteiger partial charge in [-0.2, -0.15) is 0 Å². The first-order valence-corrected chi connectivity index (χ1v) is 7.20. The van der Waals surface area contributed by atoms with Crippen molar-refractivity contribution >= 4 is 17.3 Å². The Morgan fingerprint density at radius 1 is 1.29 bits per heavy atom. The molecule has 1 aliphatic rings. The maximum atomic E-state index is 12.8. The topological polar surface area (TPSA) is 46.5 Å². The Hall–Kier alpha value is -2.16. The monoisotopic (exact) mass is 302 g/mol. The summed E-state index contributed by atoms with van der Waals surface area (Å²) in [6.07, 6.45) is 0.603. The Kier molecular flexibility index (Phi) is 3.74. The molecule has 0 unspecified atom stereocenters. The number of hydrogen-bond donors (Lipinski definition) is 1. The average Bonchev–Trinajstić information content (AvgIpc) is 2.85. The first kappa shape index (κ1) is 13.8. The van der Waals surface area contributed by atoms with Crippen molar-refractivity contribution in [3.63, 3.8) is 0 Å². The molecule has 2 heterocycles. The minimum atomic E-state index is -0.960. The third-order valence-electron chi connectivity index (χ3n) is 3.20. The summed E-state index contributed by atoms with van der Waals surface area (Å²) in [6.45, 7) is 0.980. The van der Waals surface area contributed by atoms with Crippen molar-refractivity contribution in [1.82, 2.24) is 0 Å². The molecule has 3 rings (SSSR count). The number of ether oxygens (including phenoxy) is 1. The molecule has 1 aromatic heterocycles. The highest BCUT2D eigenvalue weighted by molar-refractivity contribution is 7.13. The van der Waals surface area contributed by atoms with E-state index in [1.165, 1.54) is 23.5 Å². The molecule has 0 amide bonds. The summed E-state index contributed by atoms with van der Waals surface area (Å²) in [7, 11) is 0. The number of carboxylic acid groups (broad SMARTS) is 1. The van der Waals surface area contributed by atoms with E-state index < -0.39 is 5.97 Å². The number of halogens is 1. The van der Waals surface area contributed by atoms with Gasteiger partial charge in [0, 0.05) is 10.4 Å². The van der Waals surface area contributed by atoms with E-state index in [1.807, 2.05) is 0 Å². The second-order valence-electron chi connectivity index (χ2n) is 4.57. The summed E-state index contributed by atoms with van der Waals surface area (Å²) in [6, 6.07) is 5.80. The van der Waals surface area contributed by atoms with Crippen molar-refractivity contribution in [2.75, 3.05) is 6.61 Å². The van der Waals surface area contributed by atoms with Gasteiger partial charge >= 0.3 is 5.97 Å². The van der Waals surface area contributed by atoms with Crippen molar-refractivity contribution in [1.29, 1.82) is 0 Å². The molecule has 0 radical (unpaired) electrons. The van der Waals surface area contributed by atoms with Gasteiger partial charge in [0.15, 0.2) is 0 Å². The third kappa shape index (κ3) is 2.82. The number of fused-ring (bicyclic) bond motifs is 1. The van der Waals surface area contributed by atoms with Crippen LogP contribution in [0.5, 0.6) is 0 Å². The normalized spacial score (nSPS) is 13.2. The minimum Gasteiger partial charge on any atom is -0.478 e. The number of carboxylic acids is 1. The van der Waals surface area contributed by atoms with Crippen LogP contribution in [0.4, 0.5) is 4.39 Å². The molecule has 1 N–H and O–H groups in total. The molecule has 1 aliphatic heterocycles. The molecule has 21 heavy (non-hydrogen) atoms. The molecule has 1 aromatic carbocycles. The van der Waals surface area contributed by atoms with Crippen LogP contribution in [0.3, 0.4) is 0 Å². The zero-order valence-corrected chi connectivity index (χ0v) is 11.8. The Bertz CT molecular complexity index is 750. The van der Waals surface area contributed by atoms with E-state index in [0.29, 0.717) is 30.1 Å². The minimum absolute atomic E-state index is 0.285. The smallest absolute Gasteiger partial charge is 0.338 e. The van der Waals surface area contributed by atoms with Crippen molar-refractivity contribution < 1.29 is 19.0 Å². The zero-order valence-electron chi connectivity index (χ0n) is 11.0. The van der Waals surface area contributed by atoms with Crippen LogP contribution in [0, 0.1) is 17.7 Å². The molecule has 3 nitrogen and oxygen atoms in total. The molecule has 0 saturated heterocycles. The largest absolute Gasteiger partial charge is 0.478 e. The molecule has 0 bridgehead atoms. The van der Waals surface area contributed by atoms with E-state index in [-0.39, 0.29) is 11.4 Å². The van der Waals surface area contributed by atoms with Gasteiger partial charge in [-0.15, -0.1) is 11.3 Å². The van der Waals surface area contributed by atoms with Crippen LogP contribution >= 0.6 is 11.3 Å². The SMILES string of the molecule is O=C(O)c1c(C#Cc2ccc(F)cc2)sc2c1CCOC2. The zero-order chi connectivity index (χ0) is 14.8. The van der Waals surface area contributed by atoms with Crippen LogP contribution in [0.15, 0.2) is 24.3 Å². The van der Waals surface area contributed by atoms with Crippen molar-refractivity contribution in [2.24, 2.45) is 0 Å². The fourth-order valence-electron chi connectivity index (χ4n) is 2.21. The van der Waals surface area contributed by atoms with Gasteiger partial charge < -0.3 is 9.84 Å². The maximum Gasteiger partial charge on any atom is 0.338 e. The molecule has 0 saturated carbocycles. The Labute approximate surface area is 125 Å². The van der Waals surface area contributed by atoms with Gasteiger partial charge in [0.25, 0.3) is 0 Å². The molecule has 0 atom stereocenters. The van der Waals surface area contributed by atoms with Crippen LogP contribution in [0.1, 0.15) is 31.2 Å². The van der Waals surface area contributed by atoms with Crippen LogP contribution in [-0.2, 0) is 17.8 Å². The van der Waals surface area contributed by atoms with Crippen LogP contribution < -0.4 is 0 Å². The second kappa shape index (κ2) is 5.68. The fraction of sp³-hybridized carbons (Fsp3) is 0.188. The molecular formula is C16H11FO3S. The molecule has 106 valence electrons. The van der Waals surface area contributed by atoms with Crippen molar-refractivity contribution in [2.45, 2.75) is 13.0 Å². The summed E-state index contributed by atoms with van der Waals surface area (Å²) in [4.78, 5) is 12.9. The van der Waals surface area contributed by atoms with E-state index in [9.17, 15) is 14.3 Å². The van der Waals surface area contributed by atoms with Crippen molar-refractivity contribution in [3.8, 4) is 11.8 Å². The lowest BCUT2D eigenvalue weighted by atomic mass is 10.0. The van der Waals surface area contributed by atoms with E-state index in [4.69, 9.17) is 4.74 Å². The summed E-state index contributed by atoms with van der Waals surface area (Å²) < 4.78 is 18.2. The summed E-state index contributed by atoms with van der Waals surface area (Å²) in [5, 5.41) is 9.39. The predicted octanol–water partition coefficient (Wildman–Crippen LogP) is 3.06. The Morgan fingerprint density at radius 2 is 2.05 bits per heavy atom. The van der Waals surface area contributed by atoms with Gasteiger partial charge in [-0.25, -0.2) is 9.18 Å². The van der Waals surface area contributed by atoms with E-state index >= 15 is 0 Å². The van der Waals surface area contributed by atoms with Crippen molar-refractivity contribution in [3.05, 3.63) is 56.5 Å². The Morgan fingerprint density at radius 3 is 2.76 bits per heavy atom. The molecule has 0 aliphatic carbocycles. The lowest BCUT2D eigenvalue weighted by Crippen LogP contribution is -2.11. The van der Waals surface area contributed by atoms with E-state index in [0.717, 1.165) is 10.4 Å². The highest BCUT2D eigenvalue weighted by atomic mass is 32.1. The maximum absolute atomic E-state index is 12.8. The highest BCUT2D eigenvalue weighted by Gasteiger charge is 2.24. The van der Waals surface area contributed by atoms with Gasteiger partial charge in [-0.3, -0.25) is 0 Å². The number of hydrogen-bond acceptors (Lipinski definition) is 3. The molecular weight excluding hydrogens is 291 g/mol. The quantitative estimate of drug-likeness (QED) is 0.824. The first-order valence-electron chi connectivity index (χ1n) is 6.38. The average molecular weight is 302 g/mol. The van der Waals surface area contributed by atoms with E-state index in [1.54, 1.807) is 12.1 Å². The molecule has 0 fully saturated rings. The summed E-state index contributed by atoms with van der Waals surface area (Å²) in [5.41, 5.74) is 1.77. The number of rotatable bonds is 1. The lowest BCUT2D eigenvalue weighted by Gasteiger charge is -2.11. The first-order chi connectivity index (χ1) is 10.1. The second-order valence-corrected chi connectivity index (χ2v) is 5.68. The molecule has 5 heteroatoms. The summed E-state index contributed by atoms with van der Waals surface area (Å²) >= 11 is 1.36. The number of benzene rings is 1. The van der Waals surface area contributed by atoms with Gasteiger partial charge in [0.05, 0.1) is 23.7 Å². The van der Waals surface area contributed by atoms with Crippen LogP contribution in [0.25, 0.3) is 0 Å². The number of carbonyl (C=O) groups is 1. The molecule has 2 aromatic rings.